The van der Waals surface area contributed by atoms with Crippen LogP contribution in [-0.2, 0) is 6.42 Å². The quantitative estimate of drug-likeness (QED) is 0.284. The fraction of sp³-hybridized carbons (Fsp3) is 0.194. The van der Waals surface area contributed by atoms with Gasteiger partial charge in [-0.2, -0.15) is 0 Å². The van der Waals surface area contributed by atoms with Gasteiger partial charge in [-0.25, -0.2) is 18.6 Å². The molecule has 1 heterocycles. The van der Waals surface area contributed by atoms with Crippen LogP contribution in [0.1, 0.15) is 5.82 Å². The summed E-state index contributed by atoms with van der Waals surface area (Å²) < 4.78 is 29.2. The first kappa shape index (κ1) is 27.0. The zero-order valence-electron chi connectivity index (χ0n) is 22.3. The van der Waals surface area contributed by atoms with Crippen LogP contribution in [0.2, 0.25) is 0 Å². The highest BCUT2D eigenvalue weighted by molar-refractivity contribution is 5.89. The minimum atomic E-state index is -0.859. The second-order valence-corrected chi connectivity index (χ2v) is 9.81. The Labute approximate surface area is 230 Å². The molecule has 0 atom stereocenters. The summed E-state index contributed by atoms with van der Waals surface area (Å²) in [6.07, 6.45) is 0.264. The number of likely N-dealkylation sites (N-methyl/N-ethyl adjacent to an activating group) is 1. The van der Waals surface area contributed by atoms with Gasteiger partial charge in [-0.1, -0.05) is 42.5 Å². The number of para-hydroxylation sites is 1. The molecule has 5 rings (SSSR count). The van der Waals surface area contributed by atoms with Gasteiger partial charge in [0.05, 0.1) is 22.3 Å². The van der Waals surface area contributed by atoms with E-state index in [1.807, 2.05) is 67.5 Å². The lowest BCUT2D eigenvalue weighted by Crippen LogP contribution is -2.41. The third kappa shape index (κ3) is 5.84. The topological polar surface area (TPSA) is 70.5 Å². The van der Waals surface area contributed by atoms with Crippen molar-refractivity contribution in [2.45, 2.75) is 6.42 Å². The van der Waals surface area contributed by atoms with E-state index in [0.29, 0.717) is 35.5 Å². The van der Waals surface area contributed by atoms with Crippen molar-refractivity contribution in [3.63, 3.8) is 0 Å². The first-order valence-electron chi connectivity index (χ1n) is 13.0. The fourth-order valence-corrected chi connectivity index (χ4v) is 4.58. The zero-order chi connectivity index (χ0) is 28.2. The number of urea groups is 1. The molecular formula is C31H29F2N5O2. The van der Waals surface area contributed by atoms with E-state index in [-0.39, 0.29) is 24.2 Å². The number of nitrogens with zero attached hydrogens (tertiary/aromatic N) is 4. The lowest BCUT2D eigenvalue weighted by Gasteiger charge is -2.25. The predicted molar refractivity (Wildman–Crippen MR) is 154 cm³/mol. The lowest BCUT2D eigenvalue weighted by molar-refractivity contribution is 0.205. The molecule has 7 nitrogen and oxygen atoms in total. The van der Waals surface area contributed by atoms with E-state index in [1.54, 1.807) is 22.8 Å². The van der Waals surface area contributed by atoms with Crippen LogP contribution >= 0.6 is 0 Å². The molecule has 2 amide bonds. The van der Waals surface area contributed by atoms with Crippen LogP contribution in [-0.4, -0.2) is 59.1 Å². The largest absolute Gasteiger partial charge is 0.323 e. The molecule has 0 aliphatic rings. The number of hydrogen-bond acceptors (Lipinski definition) is 4. The number of fused-ring (bicyclic) bond motifs is 2. The van der Waals surface area contributed by atoms with Crippen LogP contribution in [0.25, 0.3) is 27.4 Å². The average molecular weight is 542 g/mol. The molecule has 0 aliphatic carbocycles. The Morgan fingerprint density at radius 1 is 0.875 bits per heavy atom. The van der Waals surface area contributed by atoms with Crippen LogP contribution in [0, 0.1) is 11.6 Å². The van der Waals surface area contributed by atoms with E-state index in [1.165, 1.54) is 11.0 Å². The van der Waals surface area contributed by atoms with Gasteiger partial charge in [0.1, 0.15) is 17.5 Å². The molecule has 0 radical (unpaired) electrons. The summed E-state index contributed by atoms with van der Waals surface area (Å²) in [5.74, 6) is -1.09. The predicted octanol–water partition coefficient (Wildman–Crippen LogP) is 5.46. The van der Waals surface area contributed by atoms with Crippen molar-refractivity contribution >= 4 is 33.4 Å². The number of benzene rings is 4. The summed E-state index contributed by atoms with van der Waals surface area (Å²) in [5.41, 5.74) is 0.929. The lowest BCUT2D eigenvalue weighted by atomic mass is 10.1. The number of carbonyl (C=O) groups is 1. The van der Waals surface area contributed by atoms with Crippen molar-refractivity contribution in [1.29, 1.82) is 0 Å². The summed E-state index contributed by atoms with van der Waals surface area (Å²) in [6, 6.07) is 23.3. The van der Waals surface area contributed by atoms with Gasteiger partial charge < -0.3 is 15.1 Å². The van der Waals surface area contributed by atoms with Gasteiger partial charge in [-0.15, -0.1) is 0 Å². The smallest absolute Gasteiger partial charge is 0.321 e. The number of amides is 2. The van der Waals surface area contributed by atoms with Gasteiger partial charge in [-0.3, -0.25) is 9.36 Å². The van der Waals surface area contributed by atoms with Gasteiger partial charge in [-0.05, 0) is 61.3 Å². The summed E-state index contributed by atoms with van der Waals surface area (Å²) in [5, 5.41) is 5.07. The highest BCUT2D eigenvalue weighted by Gasteiger charge is 2.19. The normalized spacial score (nSPS) is 11.3. The maximum absolute atomic E-state index is 14.3. The Bertz CT molecular complexity index is 1750. The van der Waals surface area contributed by atoms with Gasteiger partial charge >= 0.3 is 6.03 Å². The molecule has 0 saturated heterocycles. The van der Waals surface area contributed by atoms with E-state index in [2.05, 4.69) is 5.32 Å². The molecule has 9 heteroatoms. The molecule has 0 saturated carbocycles. The summed E-state index contributed by atoms with van der Waals surface area (Å²) >= 11 is 0. The maximum atomic E-state index is 14.3. The molecule has 4 aromatic carbocycles. The Balaban J connectivity index is 1.50. The highest BCUT2D eigenvalue weighted by atomic mass is 19.1. The van der Waals surface area contributed by atoms with Gasteiger partial charge in [0.25, 0.3) is 5.56 Å². The molecule has 5 aromatic rings. The molecule has 0 aliphatic heterocycles. The van der Waals surface area contributed by atoms with Gasteiger partial charge in [0.2, 0.25) is 0 Å². The van der Waals surface area contributed by atoms with E-state index < -0.39 is 17.7 Å². The number of halogens is 2. The average Bonchev–Trinajstić information content (AvgIpc) is 2.94. The summed E-state index contributed by atoms with van der Waals surface area (Å²) in [4.78, 5) is 35.2. The first-order chi connectivity index (χ1) is 19.3. The van der Waals surface area contributed by atoms with Crippen molar-refractivity contribution in [2.24, 2.45) is 0 Å². The number of rotatable bonds is 8. The number of hydrogen-bond donors (Lipinski definition) is 1. The van der Waals surface area contributed by atoms with Gasteiger partial charge in [0.15, 0.2) is 0 Å². The number of anilines is 1. The molecule has 204 valence electrons. The first-order valence-corrected chi connectivity index (χ1v) is 13.0. The van der Waals surface area contributed by atoms with Crippen molar-refractivity contribution in [2.75, 3.05) is 39.0 Å². The second-order valence-electron chi connectivity index (χ2n) is 9.81. The van der Waals surface area contributed by atoms with Crippen LogP contribution in [0.3, 0.4) is 0 Å². The Morgan fingerprint density at radius 2 is 1.62 bits per heavy atom. The summed E-state index contributed by atoms with van der Waals surface area (Å²) in [6.45, 7) is 1.11. The number of nitrogens with one attached hydrogen (secondary N) is 1. The molecule has 0 unspecified atom stereocenters. The van der Waals surface area contributed by atoms with Gasteiger partial charge in [0, 0.05) is 32.1 Å². The number of carbonyl (C=O) groups excluding carboxylic acids is 1. The fourth-order valence-electron chi connectivity index (χ4n) is 4.58. The molecular weight excluding hydrogens is 512 g/mol. The Kier molecular flexibility index (Phi) is 7.84. The van der Waals surface area contributed by atoms with E-state index in [4.69, 9.17) is 4.98 Å². The Morgan fingerprint density at radius 3 is 2.40 bits per heavy atom. The van der Waals surface area contributed by atoms with Crippen molar-refractivity contribution in [3.8, 4) is 5.69 Å². The van der Waals surface area contributed by atoms with E-state index in [9.17, 15) is 18.4 Å². The van der Waals surface area contributed by atoms with Crippen LogP contribution in [0.15, 0.2) is 89.7 Å². The summed E-state index contributed by atoms with van der Waals surface area (Å²) in [7, 11) is 3.77. The van der Waals surface area contributed by atoms with Crippen molar-refractivity contribution in [1.82, 2.24) is 19.4 Å². The molecule has 0 fully saturated rings. The van der Waals surface area contributed by atoms with E-state index in [0.717, 1.165) is 22.9 Å². The van der Waals surface area contributed by atoms with Crippen molar-refractivity contribution < 1.29 is 13.6 Å². The SMILES string of the molecule is CN(C)CCN(CCc1nc2ccccc2c(=O)n1-c1ccc2ccccc2c1)C(=O)Nc1ccc(F)cc1F. The molecule has 40 heavy (non-hydrogen) atoms. The standard InChI is InChI=1S/C31H29F2N5O2/c1-36(2)17-18-37(31(40)35-28-14-12-23(32)20-26(28)33)16-15-29-34-27-10-6-5-9-25(27)30(39)38(29)24-13-11-21-7-3-4-8-22(21)19-24/h3-14,19-20H,15-18H2,1-2H3,(H,35,40). The second kappa shape index (κ2) is 11.6. The molecule has 1 N–H and O–H groups in total. The van der Waals surface area contributed by atoms with E-state index >= 15 is 0 Å². The third-order valence-corrected chi connectivity index (χ3v) is 6.72. The molecule has 1 aromatic heterocycles. The minimum absolute atomic E-state index is 0.113. The molecule has 0 spiro atoms. The van der Waals surface area contributed by atoms with Crippen molar-refractivity contribution in [3.05, 3.63) is 113 Å². The minimum Gasteiger partial charge on any atom is -0.323 e. The highest BCUT2D eigenvalue weighted by Crippen LogP contribution is 2.20. The Hall–Kier alpha value is -4.63. The molecule has 0 bridgehead atoms. The number of aromatic nitrogens is 2. The van der Waals surface area contributed by atoms with Crippen LogP contribution in [0.4, 0.5) is 19.3 Å². The zero-order valence-corrected chi connectivity index (χ0v) is 22.3. The monoisotopic (exact) mass is 541 g/mol. The van der Waals surface area contributed by atoms with Crippen LogP contribution < -0.4 is 10.9 Å². The van der Waals surface area contributed by atoms with Crippen LogP contribution in [0.5, 0.6) is 0 Å². The maximum Gasteiger partial charge on any atom is 0.321 e. The third-order valence-electron chi connectivity index (χ3n) is 6.72.